The topological polar surface area (TPSA) is 100 Å². The van der Waals surface area contributed by atoms with E-state index in [0.717, 1.165) is 23.1 Å². The van der Waals surface area contributed by atoms with Crippen LogP contribution in [0.5, 0.6) is 5.75 Å². The fourth-order valence-corrected chi connectivity index (χ4v) is 2.66. The van der Waals surface area contributed by atoms with Gasteiger partial charge in [-0.2, -0.15) is 5.10 Å². The van der Waals surface area contributed by atoms with Gasteiger partial charge in [0.2, 0.25) is 5.91 Å². The Kier molecular flexibility index (Phi) is 5.16. The van der Waals surface area contributed by atoms with Crippen molar-refractivity contribution in [2.75, 3.05) is 7.11 Å². The first-order chi connectivity index (χ1) is 10.5. The van der Waals surface area contributed by atoms with E-state index < -0.39 is 11.2 Å². The first-order valence-corrected chi connectivity index (χ1v) is 7.33. The fourth-order valence-electron chi connectivity index (χ4n) is 1.76. The zero-order chi connectivity index (χ0) is 16.1. The number of hydrogen-bond acceptors (Lipinski definition) is 6. The molecule has 0 radical (unpaired) electrons. The molecule has 0 aliphatic carbocycles. The van der Waals surface area contributed by atoms with Crippen LogP contribution in [0.25, 0.3) is 0 Å². The summed E-state index contributed by atoms with van der Waals surface area (Å²) < 4.78 is 5.08. The highest BCUT2D eigenvalue weighted by Gasteiger charge is 2.32. The molecule has 1 heterocycles. The summed E-state index contributed by atoms with van der Waals surface area (Å²) in [7, 11) is 1.59. The maximum Gasteiger partial charge on any atom is 0.305 e. The minimum absolute atomic E-state index is 0.239. The predicted octanol–water partition coefficient (Wildman–Crippen LogP) is 1.48. The molecule has 1 aromatic carbocycles. The van der Waals surface area contributed by atoms with Crippen LogP contribution in [0.15, 0.2) is 34.5 Å². The van der Waals surface area contributed by atoms with Gasteiger partial charge in [-0.1, -0.05) is 11.8 Å². The molecule has 0 aromatic heterocycles. The number of hydrogen-bond donors (Lipinski definition) is 2. The molecule has 0 unspecified atom stereocenters. The van der Waals surface area contributed by atoms with Crippen molar-refractivity contribution in [1.29, 1.82) is 0 Å². The standard InChI is InChI=1S/C14H15N3O4S/c1-8(9-3-5-10(21-2)6-4-9)16-17-14-15-13(20)11(22-14)7-12(18)19/h3-6,11H,7H2,1-2H3,(H,18,19)(H,15,17,20)/t11-/m1/s1. The number of carbonyl (C=O) groups is 2. The van der Waals surface area contributed by atoms with Gasteiger partial charge < -0.3 is 15.2 Å². The smallest absolute Gasteiger partial charge is 0.305 e. The second-order valence-electron chi connectivity index (χ2n) is 4.51. The van der Waals surface area contributed by atoms with E-state index in [9.17, 15) is 9.59 Å². The van der Waals surface area contributed by atoms with Gasteiger partial charge in [-0.15, -0.1) is 5.10 Å². The maximum absolute atomic E-state index is 11.6. The number of amidine groups is 1. The normalized spacial score (nSPS) is 20.1. The van der Waals surface area contributed by atoms with Gasteiger partial charge in [-0.05, 0) is 36.8 Å². The summed E-state index contributed by atoms with van der Waals surface area (Å²) in [6, 6.07) is 7.34. The molecule has 1 aromatic rings. The number of carboxylic acid groups (broad SMARTS) is 1. The number of carbonyl (C=O) groups excluding carboxylic acids is 1. The van der Waals surface area contributed by atoms with Crippen molar-refractivity contribution < 1.29 is 19.4 Å². The minimum atomic E-state index is -1.02. The van der Waals surface area contributed by atoms with Crippen LogP contribution in [-0.2, 0) is 9.59 Å². The van der Waals surface area contributed by atoms with Gasteiger partial charge in [0.15, 0.2) is 5.17 Å². The van der Waals surface area contributed by atoms with Crippen LogP contribution in [0.4, 0.5) is 0 Å². The Morgan fingerprint density at radius 1 is 1.41 bits per heavy atom. The number of thioether (sulfide) groups is 1. The third-order valence-corrected chi connectivity index (χ3v) is 4.01. The molecule has 2 N–H and O–H groups in total. The van der Waals surface area contributed by atoms with Gasteiger partial charge in [-0.25, -0.2) is 0 Å². The van der Waals surface area contributed by atoms with Gasteiger partial charge in [0.05, 0.1) is 19.2 Å². The van der Waals surface area contributed by atoms with E-state index in [1.807, 2.05) is 24.3 Å². The lowest BCUT2D eigenvalue weighted by atomic mass is 10.1. The van der Waals surface area contributed by atoms with Gasteiger partial charge in [0.25, 0.3) is 0 Å². The molecule has 1 fully saturated rings. The predicted molar refractivity (Wildman–Crippen MR) is 84.4 cm³/mol. The summed E-state index contributed by atoms with van der Waals surface area (Å²) in [6.45, 7) is 1.79. The van der Waals surface area contributed by atoms with Gasteiger partial charge in [0.1, 0.15) is 11.0 Å². The highest BCUT2D eigenvalue weighted by molar-refractivity contribution is 8.15. The second-order valence-corrected chi connectivity index (χ2v) is 5.70. The lowest BCUT2D eigenvalue weighted by Crippen LogP contribution is -2.26. The lowest BCUT2D eigenvalue weighted by Gasteiger charge is -2.01. The van der Waals surface area contributed by atoms with Crippen molar-refractivity contribution in [3.8, 4) is 5.75 Å². The molecule has 1 amide bonds. The molecule has 116 valence electrons. The summed E-state index contributed by atoms with van der Waals surface area (Å²) in [5, 5.41) is 18.9. The number of methoxy groups -OCH3 is 1. The van der Waals surface area contributed by atoms with Crippen LogP contribution in [-0.4, -0.2) is 40.2 Å². The molecule has 7 nitrogen and oxygen atoms in total. The average molecular weight is 321 g/mol. The Morgan fingerprint density at radius 2 is 2.09 bits per heavy atom. The molecule has 22 heavy (non-hydrogen) atoms. The highest BCUT2D eigenvalue weighted by atomic mass is 32.2. The SMILES string of the molecule is COc1ccc(C(C)=NN=C2NC(=O)[C@@H](CC(=O)O)S2)cc1. The Hall–Kier alpha value is -2.35. The van der Waals surface area contributed by atoms with E-state index in [0.29, 0.717) is 10.9 Å². The van der Waals surface area contributed by atoms with Crippen molar-refractivity contribution in [2.24, 2.45) is 10.2 Å². The van der Waals surface area contributed by atoms with Crippen molar-refractivity contribution in [2.45, 2.75) is 18.6 Å². The van der Waals surface area contributed by atoms with Crippen LogP contribution in [0.3, 0.4) is 0 Å². The fraction of sp³-hybridized carbons (Fsp3) is 0.286. The number of carboxylic acids is 1. The average Bonchev–Trinajstić information content (AvgIpc) is 2.84. The summed E-state index contributed by atoms with van der Waals surface area (Å²) >= 11 is 1.07. The molecule has 0 saturated carbocycles. The Bertz CT molecular complexity index is 640. The van der Waals surface area contributed by atoms with Crippen LogP contribution in [0.1, 0.15) is 18.9 Å². The summed E-state index contributed by atoms with van der Waals surface area (Å²) in [5.41, 5.74) is 1.55. The number of ether oxygens (including phenoxy) is 1. The van der Waals surface area contributed by atoms with E-state index in [2.05, 4.69) is 15.5 Å². The molecule has 1 atom stereocenters. The number of benzene rings is 1. The number of amides is 1. The molecule has 8 heteroatoms. The van der Waals surface area contributed by atoms with Crippen molar-refractivity contribution in [1.82, 2.24) is 5.32 Å². The highest BCUT2D eigenvalue weighted by Crippen LogP contribution is 2.22. The second kappa shape index (κ2) is 7.08. The molecule has 1 aliphatic heterocycles. The summed E-state index contributed by atoms with van der Waals surface area (Å²) in [4.78, 5) is 22.2. The molecule has 1 aliphatic rings. The van der Waals surface area contributed by atoms with Crippen LogP contribution in [0, 0.1) is 0 Å². The molecular weight excluding hydrogens is 306 g/mol. The van der Waals surface area contributed by atoms with E-state index >= 15 is 0 Å². The van der Waals surface area contributed by atoms with E-state index in [1.54, 1.807) is 14.0 Å². The largest absolute Gasteiger partial charge is 0.497 e. The molecule has 0 spiro atoms. The monoisotopic (exact) mass is 321 g/mol. The molecule has 1 saturated heterocycles. The number of nitrogens with zero attached hydrogens (tertiary/aromatic N) is 2. The van der Waals surface area contributed by atoms with Gasteiger partial charge in [0, 0.05) is 0 Å². The van der Waals surface area contributed by atoms with Crippen LogP contribution in [0.2, 0.25) is 0 Å². The molecule has 2 rings (SSSR count). The third kappa shape index (κ3) is 4.08. The Morgan fingerprint density at radius 3 is 2.68 bits per heavy atom. The van der Waals surface area contributed by atoms with E-state index in [1.165, 1.54) is 0 Å². The van der Waals surface area contributed by atoms with Crippen molar-refractivity contribution in [3.63, 3.8) is 0 Å². The Balaban J connectivity index is 2.06. The van der Waals surface area contributed by atoms with Crippen LogP contribution >= 0.6 is 11.8 Å². The summed E-state index contributed by atoms with van der Waals surface area (Å²) in [6.07, 6.45) is -0.239. The van der Waals surface area contributed by atoms with Gasteiger partial charge >= 0.3 is 5.97 Å². The zero-order valence-corrected chi connectivity index (χ0v) is 12.9. The number of aliphatic carboxylic acids is 1. The van der Waals surface area contributed by atoms with E-state index in [4.69, 9.17) is 9.84 Å². The molecule has 0 bridgehead atoms. The molecular formula is C14H15N3O4S. The zero-order valence-electron chi connectivity index (χ0n) is 12.1. The van der Waals surface area contributed by atoms with Crippen molar-refractivity contribution in [3.05, 3.63) is 29.8 Å². The Labute approximate surface area is 131 Å². The number of rotatable bonds is 5. The quantitative estimate of drug-likeness (QED) is 0.632. The lowest BCUT2D eigenvalue weighted by molar-refractivity contribution is -0.138. The third-order valence-electron chi connectivity index (χ3n) is 2.94. The first kappa shape index (κ1) is 16.0. The van der Waals surface area contributed by atoms with Crippen LogP contribution < -0.4 is 10.1 Å². The van der Waals surface area contributed by atoms with Gasteiger partial charge in [-0.3, -0.25) is 9.59 Å². The minimum Gasteiger partial charge on any atom is -0.497 e. The van der Waals surface area contributed by atoms with E-state index in [-0.39, 0.29) is 12.3 Å². The number of nitrogens with one attached hydrogen (secondary N) is 1. The summed E-state index contributed by atoms with van der Waals surface area (Å²) in [5.74, 6) is -0.631. The first-order valence-electron chi connectivity index (χ1n) is 6.45. The van der Waals surface area contributed by atoms with Crippen molar-refractivity contribution >= 4 is 34.5 Å². The maximum atomic E-state index is 11.6.